The number of unbranched alkanes of at least 4 members (excludes halogenated alkanes) is 2. The van der Waals surface area contributed by atoms with E-state index in [1.165, 1.54) is 19.4 Å². The van der Waals surface area contributed by atoms with Gasteiger partial charge in [-0.1, -0.05) is 13.8 Å². The molecular weight excluding hydrogens is 162 g/mol. The second kappa shape index (κ2) is 4.97. The van der Waals surface area contributed by atoms with E-state index in [9.17, 15) is 0 Å². The molecule has 2 heteroatoms. The van der Waals surface area contributed by atoms with Crippen molar-refractivity contribution in [2.45, 2.75) is 39.5 Å². The van der Waals surface area contributed by atoms with Crippen LogP contribution in [-0.2, 0) is 0 Å². The highest BCUT2D eigenvalue weighted by molar-refractivity contribution is 4.95. The highest BCUT2D eigenvalue weighted by Crippen LogP contribution is 2.50. The van der Waals surface area contributed by atoms with Gasteiger partial charge in [-0.05, 0) is 50.1 Å². The maximum atomic E-state index is 8.57. The van der Waals surface area contributed by atoms with Crippen LogP contribution in [0, 0.1) is 11.3 Å². The molecule has 0 heterocycles. The molecule has 1 aliphatic rings. The molecule has 0 spiro atoms. The third-order valence-corrected chi connectivity index (χ3v) is 3.12. The first-order valence-corrected chi connectivity index (χ1v) is 5.48. The zero-order valence-corrected chi connectivity index (χ0v) is 8.97. The van der Waals surface area contributed by atoms with Crippen LogP contribution in [0.5, 0.6) is 0 Å². The van der Waals surface area contributed by atoms with Gasteiger partial charge in [0.25, 0.3) is 0 Å². The fourth-order valence-corrected chi connectivity index (χ4v) is 1.74. The number of hydrogen-bond donors (Lipinski definition) is 2. The zero-order chi connectivity index (χ0) is 9.73. The van der Waals surface area contributed by atoms with Gasteiger partial charge in [-0.2, -0.15) is 0 Å². The Labute approximate surface area is 81.7 Å². The monoisotopic (exact) mass is 185 g/mol. The van der Waals surface area contributed by atoms with Crippen LogP contribution in [0.4, 0.5) is 0 Å². The van der Waals surface area contributed by atoms with Crippen LogP contribution in [0.3, 0.4) is 0 Å². The van der Waals surface area contributed by atoms with Crippen molar-refractivity contribution in [3.05, 3.63) is 0 Å². The van der Waals surface area contributed by atoms with E-state index < -0.39 is 0 Å². The first kappa shape index (κ1) is 11.0. The first-order valence-electron chi connectivity index (χ1n) is 5.48. The van der Waals surface area contributed by atoms with Gasteiger partial charge in [-0.25, -0.2) is 0 Å². The van der Waals surface area contributed by atoms with Gasteiger partial charge in [0, 0.05) is 6.61 Å². The van der Waals surface area contributed by atoms with Gasteiger partial charge in [0.05, 0.1) is 0 Å². The Bertz CT molecular complexity index is 145. The number of aliphatic hydroxyl groups excluding tert-OH is 1. The summed E-state index contributed by atoms with van der Waals surface area (Å²) in [5.74, 6) is 0.908. The van der Waals surface area contributed by atoms with Gasteiger partial charge < -0.3 is 10.4 Å². The second-order valence-corrected chi connectivity index (χ2v) is 4.88. The lowest BCUT2D eigenvalue weighted by molar-refractivity contribution is 0.282. The molecule has 2 N–H and O–H groups in total. The molecule has 0 saturated heterocycles. The molecule has 1 atom stereocenters. The molecule has 0 aromatic rings. The Morgan fingerprint density at radius 1 is 1.31 bits per heavy atom. The number of hydrogen-bond acceptors (Lipinski definition) is 2. The van der Waals surface area contributed by atoms with Crippen molar-refractivity contribution in [3.63, 3.8) is 0 Å². The van der Waals surface area contributed by atoms with Gasteiger partial charge in [0.2, 0.25) is 0 Å². The van der Waals surface area contributed by atoms with E-state index in [0.717, 1.165) is 25.3 Å². The summed E-state index contributed by atoms with van der Waals surface area (Å²) in [7, 11) is 0. The van der Waals surface area contributed by atoms with Crippen molar-refractivity contribution < 1.29 is 5.11 Å². The van der Waals surface area contributed by atoms with E-state index in [1.54, 1.807) is 0 Å². The van der Waals surface area contributed by atoms with Crippen molar-refractivity contribution in [2.24, 2.45) is 11.3 Å². The SMILES string of the molecule is CC1(C)CC1CNCCCCCO. The molecule has 0 aromatic heterocycles. The van der Waals surface area contributed by atoms with Crippen LogP contribution in [0.1, 0.15) is 39.5 Å². The summed E-state index contributed by atoms with van der Waals surface area (Å²) in [5, 5.41) is 12.0. The van der Waals surface area contributed by atoms with E-state index in [4.69, 9.17) is 5.11 Å². The van der Waals surface area contributed by atoms with Gasteiger partial charge in [-0.3, -0.25) is 0 Å². The lowest BCUT2D eigenvalue weighted by atomic mass is 10.1. The summed E-state index contributed by atoms with van der Waals surface area (Å²) in [6, 6.07) is 0. The molecule has 1 fully saturated rings. The van der Waals surface area contributed by atoms with Crippen molar-refractivity contribution in [1.82, 2.24) is 5.32 Å². The smallest absolute Gasteiger partial charge is 0.0431 e. The van der Waals surface area contributed by atoms with Crippen LogP contribution in [0.2, 0.25) is 0 Å². The highest BCUT2D eigenvalue weighted by atomic mass is 16.2. The predicted octanol–water partition coefficient (Wildman–Crippen LogP) is 1.78. The predicted molar refractivity (Wildman–Crippen MR) is 55.7 cm³/mol. The molecule has 0 bridgehead atoms. The summed E-state index contributed by atoms with van der Waals surface area (Å²) < 4.78 is 0. The van der Waals surface area contributed by atoms with E-state index in [0.29, 0.717) is 12.0 Å². The second-order valence-electron chi connectivity index (χ2n) is 4.88. The number of nitrogens with one attached hydrogen (secondary N) is 1. The molecule has 0 aromatic carbocycles. The standard InChI is InChI=1S/C11H23NO/c1-11(2)8-10(11)9-12-6-4-3-5-7-13/h10,12-13H,3-9H2,1-2H3. The van der Waals surface area contributed by atoms with E-state index >= 15 is 0 Å². The summed E-state index contributed by atoms with van der Waals surface area (Å²) in [4.78, 5) is 0. The van der Waals surface area contributed by atoms with Crippen LogP contribution in [-0.4, -0.2) is 24.8 Å². The van der Waals surface area contributed by atoms with Crippen molar-refractivity contribution >= 4 is 0 Å². The molecular formula is C11H23NO. The number of rotatable bonds is 7. The molecule has 0 radical (unpaired) electrons. The highest BCUT2D eigenvalue weighted by Gasteiger charge is 2.44. The fourth-order valence-electron chi connectivity index (χ4n) is 1.74. The average Bonchev–Trinajstić information content (AvgIpc) is 2.67. The lowest BCUT2D eigenvalue weighted by Gasteiger charge is -2.05. The molecule has 78 valence electrons. The summed E-state index contributed by atoms with van der Waals surface area (Å²) in [6.07, 6.45) is 4.69. The molecule has 1 aliphatic carbocycles. The summed E-state index contributed by atoms with van der Waals surface area (Å²) in [5.41, 5.74) is 0.609. The maximum Gasteiger partial charge on any atom is 0.0431 e. The molecule has 1 unspecified atom stereocenters. The van der Waals surface area contributed by atoms with Crippen LogP contribution >= 0.6 is 0 Å². The van der Waals surface area contributed by atoms with Crippen LogP contribution in [0.15, 0.2) is 0 Å². The number of aliphatic hydroxyl groups is 1. The minimum Gasteiger partial charge on any atom is -0.396 e. The Morgan fingerprint density at radius 3 is 2.54 bits per heavy atom. The lowest BCUT2D eigenvalue weighted by Crippen LogP contribution is -2.19. The van der Waals surface area contributed by atoms with E-state index in [1.807, 2.05) is 0 Å². The van der Waals surface area contributed by atoms with E-state index in [2.05, 4.69) is 19.2 Å². The Balaban J connectivity index is 1.80. The Kier molecular flexibility index (Phi) is 4.20. The third kappa shape index (κ3) is 4.10. The van der Waals surface area contributed by atoms with Gasteiger partial charge >= 0.3 is 0 Å². The van der Waals surface area contributed by atoms with Crippen LogP contribution in [0.25, 0.3) is 0 Å². The van der Waals surface area contributed by atoms with Gasteiger partial charge in [0.15, 0.2) is 0 Å². The average molecular weight is 185 g/mol. The zero-order valence-electron chi connectivity index (χ0n) is 8.97. The van der Waals surface area contributed by atoms with Crippen molar-refractivity contribution in [3.8, 4) is 0 Å². The molecule has 2 nitrogen and oxygen atoms in total. The summed E-state index contributed by atoms with van der Waals surface area (Å²) in [6.45, 7) is 7.32. The molecule has 13 heavy (non-hydrogen) atoms. The maximum absolute atomic E-state index is 8.57. The minimum atomic E-state index is 0.343. The Morgan fingerprint density at radius 2 is 2.00 bits per heavy atom. The van der Waals surface area contributed by atoms with Gasteiger partial charge in [-0.15, -0.1) is 0 Å². The Hall–Kier alpha value is -0.0800. The van der Waals surface area contributed by atoms with E-state index in [-0.39, 0.29) is 0 Å². The molecule has 0 amide bonds. The third-order valence-electron chi connectivity index (χ3n) is 3.12. The fraction of sp³-hybridized carbons (Fsp3) is 1.00. The molecule has 1 saturated carbocycles. The topological polar surface area (TPSA) is 32.3 Å². The van der Waals surface area contributed by atoms with Crippen LogP contribution < -0.4 is 5.32 Å². The summed E-state index contributed by atoms with van der Waals surface area (Å²) >= 11 is 0. The normalized spacial score (nSPS) is 24.7. The largest absolute Gasteiger partial charge is 0.396 e. The van der Waals surface area contributed by atoms with Gasteiger partial charge in [0.1, 0.15) is 0 Å². The molecule has 0 aliphatic heterocycles. The minimum absolute atomic E-state index is 0.343. The van der Waals surface area contributed by atoms with Crippen molar-refractivity contribution in [1.29, 1.82) is 0 Å². The van der Waals surface area contributed by atoms with Crippen molar-refractivity contribution in [2.75, 3.05) is 19.7 Å². The molecule has 1 rings (SSSR count). The first-order chi connectivity index (χ1) is 6.17. The quantitative estimate of drug-likeness (QED) is 0.593.